The van der Waals surface area contributed by atoms with Crippen molar-refractivity contribution in [3.05, 3.63) is 51.6 Å². The molecule has 0 aromatic carbocycles. The van der Waals surface area contributed by atoms with Crippen molar-refractivity contribution in [2.45, 2.75) is 78.1 Å². The molecule has 2 N–H and O–H groups in total. The molecule has 1 unspecified atom stereocenters. The number of nitrogens with one attached hydrogen (secondary N) is 1. The van der Waals surface area contributed by atoms with Crippen LogP contribution in [0.1, 0.15) is 94.2 Å². The maximum absolute atomic E-state index is 12.5. The fourth-order valence-corrected chi connectivity index (χ4v) is 2.89. The summed E-state index contributed by atoms with van der Waals surface area (Å²) in [6.45, 7) is 5.68. The summed E-state index contributed by atoms with van der Waals surface area (Å²) >= 11 is 0. The third kappa shape index (κ3) is 7.67. The molecule has 28 heavy (non-hydrogen) atoms. The van der Waals surface area contributed by atoms with Crippen molar-refractivity contribution in [1.82, 2.24) is 0 Å². The van der Waals surface area contributed by atoms with E-state index in [9.17, 15) is 14.7 Å². The number of ketones is 1. The summed E-state index contributed by atoms with van der Waals surface area (Å²) in [5.74, 6) is -0.580. The van der Waals surface area contributed by atoms with Crippen molar-refractivity contribution in [1.29, 1.82) is 5.41 Å². The lowest BCUT2D eigenvalue weighted by Crippen LogP contribution is -2.16. The van der Waals surface area contributed by atoms with Crippen LogP contribution in [0.3, 0.4) is 0 Å². The van der Waals surface area contributed by atoms with E-state index in [0.29, 0.717) is 17.8 Å². The summed E-state index contributed by atoms with van der Waals surface area (Å²) in [6, 6.07) is 1.36. The first kappa shape index (κ1) is 23.6. The van der Waals surface area contributed by atoms with Crippen LogP contribution in [-0.4, -0.2) is 17.1 Å². The van der Waals surface area contributed by atoms with Crippen LogP contribution in [0.15, 0.2) is 39.1 Å². The van der Waals surface area contributed by atoms with Gasteiger partial charge in [0.1, 0.15) is 17.1 Å². The van der Waals surface area contributed by atoms with Gasteiger partial charge in [-0.1, -0.05) is 51.3 Å². The topological polar surface area (TPSA) is 91.4 Å². The van der Waals surface area contributed by atoms with Gasteiger partial charge in [0.25, 0.3) is 0 Å². The Labute approximate surface area is 167 Å². The quantitative estimate of drug-likeness (QED) is 0.144. The van der Waals surface area contributed by atoms with Gasteiger partial charge in [0.05, 0.1) is 0 Å². The molecule has 0 spiro atoms. The highest BCUT2D eigenvalue weighted by Crippen LogP contribution is 2.26. The number of allylic oxidation sites excluding steroid dienone is 4. The van der Waals surface area contributed by atoms with Crippen molar-refractivity contribution in [2.75, 3.05) is 0 Å². The van der Waals surface area contributed by atoms with E-state index in [4.69, 9.17) is 9.83 Å². The molecule has 0 amide bonds. The second-order valence-electron chi connectivity index (χ2n) is 7.19. The highest BCUT2D eigenvalue weighted by Gasteiger charge is 2.21. The minimum absolute atomic E-state index is 0.0741. The number of hydrogen-bond donors (Lipinski definition) is 2. The molecule has 0 saturated carbocycles. The first-order chi connectivity index (χ1) is 13.4. The molecule has 1 aromatic heterocycles. The van der Waals surface area contributed by atoms with Gasteiger partial charge in [-0.3, -0.25) is 4.79 Å². The van der Waals surface area contributed by atoms with E-state index in [-0.39, 0.29) is 17.2 Å². The number of carbonyl (C=O) groups is 1. The molecule has 5 nitrogen and oxygen atoms in total. The summed E-state index contributed by atoms with van der Waals surface area (Å²) in [5, 5.41) is 17.3. The maximum atomic E-state index is 12.5. The Balaban J connectivity index is 2.81. The lowest BCUT2D eigenvalue weighted by atomic mass is 9.99. The van der Waals surface area contributed by atoms with Crippen LogP contribution in [0.4, 0.5) is 0 Å². The van der Waals surface area contributed by atoms with E-state index in [2.05, 4.69) is 6.92 Å². The summed E-state index contributed by atoms with van der Waals surface area (Å²) in [6.07, 6.45) is 14.7. The molecule has 0 aliphatic rings. The third-order valence-electron chi connectivity index (χ3n) is 4.71. The first-order valence-corrected chi connectivity index (χ1v) is 10.2. The Morgan fingerprint density at radius 3 is 2.64 bits per heavy atom. The van der Waals surface area contributed by atoms with E-state index in [1.807, 2.05) is 19.1 Å². The standard InChI is InChI=1S/C23H33NO4/c1-4-5-6-7-8-9-10-14-18(3)22(26)21-19(25)16-20(28-23(21)27)17(2)13-11-12-15-24/h9-10,14-17,24-25H,4-8,11-13H2,1-3H3. The Morgan fingerprint density at radius 1 is 1.25 bits per heavy atom. The van der Waals surface area contributed by atoms with Gasteiger partial charge in [0.15, 0.2) is 5.78 Å². The number of aromatic hydroxyl groups is 1. The van der Waals surface area contributed by atoms with Crippen LogP contribution in [0.25, 0.3) is 0 Å². The Hall–Kier alpha value is -2.43. The molecule has 0 saturated heterocycles. The molecule has 0 fully saturated rings. The van der Waals surface area contributed by atoms with E-state index in [1.165, 1.54) is 31.5 Å². The molecule has 154 valence electrons. The SMILES string of the molecule is CCCCCCC=CC=C(C)C(=O)c1c(O)cc(C(C)CCCC=N)oc1=O. The summed E-state index contributed by atoms with van der Waals surface area (Å²) < 4.78 is 5.29. The minimum atomic E-state index is -0.810. The number of rotatable bonds is 13. The van der Waals surface area contributed by atoms with Crippen molar-refractivity contribution in [2.24, 2.45) is 0 Å². The van der Waals surface area contributed by atoms with Crippen LogP contribution in [0, 0.1) is 5.41 Å². The van der Waals surface area contributed by atoms with Gasteiger partial charge in [0, 0.05) is 12.0 Å². The van der Waals surface area contributed by atoms with Gasteiger partial charge in [-0.2, -0.15) is 0 Å². The van der Waals surface area contributed by atoms with E-state index in [1.54, 1.807) is 13.0 Å². The average molecular weight is 388 g/mol. The molecular weight excluding hydrogens is 354 g/mol. The first-order valence-electron chi connectivity index (χ1n) is 10.2. The number of Topliss-reactive ketones (excluding diaryl/α,β-unsaturated/α-hetero) is 1. The fraction of sp³-hybridized carbons (Fsp3) is 0.522. The summed E-state index contributed by atoms with van der Waals surface area (Å²) in [7, 11) is 0. The van der Waals surface area contributed by atoms with Gasteiger partial charge < -0.3 is 14.9 Å². The van der Waals surface area contributed by atoms with Crippen molar-refractivity contribution < 1.29 is 14.3 Å². The lowest BCUT2D eigenvalue weighted by Gasteiger charge is -2.11. The van der Waals surface area contributed by atoms with Crippen LogP contribution < -0.4 is 5.63 Å². The predicted molar refractivity (Wildman–Crippen MR) is 114 cm³/mol. The molecule has 1 heterocycles. The van der Waals surface area contributed by atoms with Gasteiger partial charge in [-0.05, 0) is 50.8 Å². The number of carbonyl (C=O) groups excluding carboxylic acids is 1. The van der Waals surface area contributed by atoms with Crippen LogP contribution in [-0.2, 0) is 0 Å². The molecule has 0 aliphatic heterocycles. The van der Waals surface area contributed by atoms with E-state index >= 15 is 0 Å². The lowest BCUT2D eigenvalue weighted by molar-refractivity contribution is 0.102. The summed E-state index contributed by atoms with van der Waals surface area (Å²) in [4.78, 5) is 24.8. The second-order valence-corrected chi connectivity index (χ2v) is 7.19. The highest BCUT2D eigenvalue weighted by atomic mass is 16.4. The van der Waals surface area contributed by atoms with Gasteiger partial charge in [-0.15, -0.1) is 0 Å². The van der Waals surface area contributed by atoms with Gasteiger partial charge >= 0.3 is 5.63 Å². The molecule has 1 rings (SSSR count). The van der Waals surface area contributed by atoms with Crippen LogP contribution >= 0.6 is 0 Å². The molecule has 1 atom stereocenters. The van der Waals surface area contributed by atoms with Crippen molar-refractivity contribution >= 4 is 12.0 Å². The zero-order valence-corrected chi connectivity index (χ0v) is 17.3. The van der Waals surface area contributed by atoms with Crippen LogP contribution in [0.5, 0.6) is 5.75 Å². The van der Waals surface area contributed by atoms with E-state index < -0.39 is 11.4 Å². The molecule has 0 aliphatic carbocycles. The molecule has 5 heteroatoms. The molecular formula is C23H33NO4. The van der Waals surface area contributed by atoms with Crippen molar-refractivity contribution in [3.8, 4) is 5.75 Å². The zero-order chi connectivity index (χ0) is 20.9. The largest absolute Gasteiger partial charge is 0.507 e. The fourth-order valence-electron chi connectivity index (χ4n) is 2.89. The minimum Gasteiger partial charge on any atom is -0.507 e. The number of unbranched alkanes of at least 4 members (excludes halogenated alkanes) is 5. The molecule has 0 radical (unpaired) electrons. The second kappa shape index (κ2) is 12.9. The van der Waals surface area contributed by atoms with Crippen molar-refractivity contribution in [3.63, 3.8) is 0 Å². The molecule has 1 aromatic rings. The van der Waals surface area contributed by atoms with Gasteiger partial charge in [-0.25, -0.2) is 4.79 Å². The Morgan fingerprint density at radius 2 is 2.00 bits per heavy atom. The zero-order valence-electron chi connectivity index (χ0n) is 17.3. The Kier molecular flexibility index (Phi) is 10.8. The highest BCUT2D eigenvalue weighted by molar-refractivity contribution is 6.09. The van der Waals surface area contributed by atoms with Crippen LogP contribution in [0.2, 0.25) is 0 Å². The molecule has 0 bridgehead atoms. The predicted octanol–water partition coefficient (Wildman–Crippen LogP) is 5.92. The smallest absolute Gasteiger partial charge is 0.351 e. The van der Waals surface area contributed by atoms with E-state index in [0.717, 1.165) is 25.7 Å². The Bertz CT molecular complexity index is 758. The normalized spacial score (nSPS) is 13.0. The summed E-state index contributed by atoms with van der Waals surface area (Å²) in [5.41, 5.74) is -0.755. The maximum Gasteiger partial charge on any atom is 0.351 e. The van der Waals surface area contributed by atoms with Gasteiger partial charge in [0.2, 0.25) is 0 Å². The number of hydrogen-bond acceptors (Lipinski definition) is 5. The average Bonchev–Trinajstić information content (AvgIpc) is 2.66. The third-order valence-corrected chi connectivity index (χ3v) is 4.71. The monoisotopic (exact) mass is 387 g/mol.